The Bertz CT molecular complexity index is 1080. The summed E-state index contributed by atoms with van der Waals surface area (Å²) >= 11 is 7.43. The Morgan fingerprint density at radius 2 is 1.34 bits per heavy atom. The van der Waals surface area contributed by atoms with Gasteiger partial charge in [0.25, 0.3) is 0 Å². The third-order valence-corrected chi connectivity index (χ3v) is 5.10. The first kappa shape index (κ1) is 21.0. The number of fused-ring (bicyclic) bond motifs is 1. The lowest BCUT2D eigenvalue weighted by Gasteiger charge is -2.14. The van der Waals surface area contributed by atoms with Gasteiger partial charge in [-0.2, -0.15) is 0 Å². The predicted molar refractivity (Wildman–Crippen MR) is 126 cm³/mol. The normalized spacial score (nSPS) is 10.2. The number of halogens is 1. The van der Waals surface area contributed by atoms with Crippen molar-refractivity contribution >= 4 is 51.9 Å². The van der Waals surface area contributed by atoms with Crippen molar-refractivity contribution in [1.29, 1.82) is 0 Å². The number of aryl methyl sites for hydroxylation is 1. The molecule has 0 atom stereocenters. The van der Waals surface area contributed by atoms with E-state index in [0.717, 1.165) is 27.2 Å². The molecule has 4 aromatic rings. The van der Waals surface area contributed by atoms with Crippen molar-refractivity contribution in [3.63, 3.8) is 0 Å². The van der Waals surface area contributed by atoms with Crippen LogP contribution in [-0.2, 0) is 0 Å². The van der Waals surface area contributed by atoms with Gasteiger partial charge < -0.3 is 10.0 Å². The van der Waals surface area contributed by atoms with Gasteiger partial charge in [-0.05, 0) is 66.9 Å². The van der Waals surface area contributed by atoms with Crippen molar-refractivity contribution in [3.05, 3.63) is 83.4 Å². The summed E-state index contributed by atoms with van der Waals surface area (Å²) in [6.07, 6.45) is 0. The van der Waals surface area contributed by atoms with Crippen molar-refractivity contribution in [2.75, 3.05) is 10.0 Å². The standard InChI is InChI=1S/C21H17ClN4S.C2H6/c1-14-6-2-3-7-17(14)23-20-21(25-19-9-5-4-8-18(19)24-20)26-27-16-12-10-15(22)11-13-16;1-2/h2-13H,1H3,(H,23,24)(H,25,26);1-2H3. The zero-order valence-corrected chi connectivity index (χ0v) is 18.2. The van der Waals surface area contributed by atoms with Crippen LogP contribution in [0.15, 0.2) is 77.7 Å². The maximum Gasteiger partial charge on any atom is 0.180 e. The second-order valence-corrected chi connectivity index (χ2v) is 7.32. The molecule has 0 aliphatic heterocycles. The molecule has 6 heteroatoms. The Morgan fingerprint density at radius 3 is 2.00 bits per heavy atom. The lowest BCUT2D eigenvalue weighted by atomic mass is 10.2. The molecule has 0 amide bonds. The number of nitrogens with zero attached hydrogens (tertiary/aromatic N) is 2. The van der Waals surface area contributed by atoms with Gasteiger partial charge in [-0.25, -0.2) is 9.97 Å². The highest BCUT2D eigenvalue weighted by Crippen LogP contribution is 2.30. The Balaban J connectivity index is 0.00000117. The molecule has 4 rings (SSSR count). The van der Waals surface area contributed by atoms with Crippen LogP contribution < -0.4 is 10.0 Å². The van der Waals surface area contributed by atoms with E-state index in [-0.39, 0.29) is 0 Å². The van der Waals surface area contributed by atoms with Gasteiger partial charge in [0.15, 0.2) is 11.6 Å². The SMILES string of the molecule is CC.Cc1ccccc1Nc1nc2ccccc2nc1NSc1ccc(Cl)cc1. The van der Waals surface area contributed by atoms with Crippen molar-refractivity contribution in [3.8, 4) is 0 Å². The van der Waals surface area contributed by atoms with E-state index >= 15 is 0 Å². The first-order valence-corrected chi connectivity index (χ1v) is 10.7. The lowest BCUT2D eigenvalue weighted by molar-refractivity contribution is 1.28. The summed E-state index contributed by atoms with van der Waals surface area (Å²) in [5, 5.41) is 4.12. The Morgan fingerprint density at radius 1 is 0.759 bits per heavy atom. The molecule has 0 bridgehead atoms. The zero-order valence-electron chi connectivity index (χ0n) is 16.6. The largest absolute Gasteiger partial charge is 0.337 e. The number of para-hydroxylation sites is 3. The van der Waals surface area contributed by atoms with E-state index in [4.69, 9.17) is 21.6 Å². The molecule has 4 nitrogen and oxygen atoms in total. The molecule has 0 aliphatic carbocycles. The molecule has 1 aromatic heterocycles. The van der Waals surface area contributed by atoms with Crippen molar-refractivity contribution in [2.45, 2.75) is 25.7 Å². The highest BCUT2D eigenvalue weighted by molar-refractivity contribution is 8.00. The number of hydrogen-bond acceptors (Lipinski definition) is 5. The monoisotopic (exact) mass is 422 g/mol. The fourth-order valence-corrected chi connectivity index (χ4v) is 3.36. The molecular weight excluding hydrogens is 400 g/mol. The summed E-state index contributed by atoms with van der Waals surface area (Å²) in [5.41, 5.74) is 3.83. The average molecular weight is 423 g/mol. The van der Waals surface area contributed by atoms with E-state index in [0.29, 0.717) is 16.7 Å². The van der Waals surface area contributed by atoms with Crippen LogP contribution in [0.1, 0.15) is 19.4 Å². The fourth-order valence-electron chi connectivity index (χ4n) is 2.61. The van der Waals surface area contributed by atoms with E-state index in [1.54, 1.807) is 0 Å². The molecule has 0 aliphatic rings. The van der Waals surface area contributed by atoms with Gasteiger partial charge in [-0.15, -0.1) is 0 Å². The number of hydrogen-bond donors (Lipinski definition) is 2. The van der Waals surface area contributed by atoms with Crippen LogP contribution in [0.4, 0.5) is 17.3 Å². The van der Waals surface area contributed by atoms with Gasteiger partial charge in [0.2, 0.25) is 0 Å². The molecule has 2 N–H and O–H groups in total. The first-order valence-electron chi connectivity index (χ1n) is 9.47. The van der Waals surface area contributed by atoms with Crippen LogP contribution in [-0.4, -0.2) is 9.97 Å². The third kappa shape index (κ3) is 5.40. The maximum atomic E-state index is 5.96. The summed E-state index contributed by atoms with van der Waals surface area (Å²) in [7, 11) is 0. The zero-order chi connectivity index (χ0) is 20.6. The average Bonchev–Trinajstić information content (AvgIpc) is 2.76. The molecule has 29 heavy (non-hydrogen) atoms. The van der Waals surface area contributed by atoms with Gasteiger partial charge in [0.1, 0.15) is 0 Å². The van der Waals surface area contributed by atoms with Gasteiger partial charge >= 0.3 is 0 Å². The summed E-state index contributed by atoms with van der Waals surface area (Å²) in [6, 6.07) is 23.6. The minimum Gasteiger partial charge on any atom is -0.337 e. The second kappa shape index (κ2) is 10.1. The van der Waals surface area contributed by atoms with E-state index in [2.05, 4.69) is 23.0 Å². The van der Waals surface area contributed by atoms with Crippen LogP contribution in [0, 0.1) is 6.92 Å². The first-order chi connectivity index (χ1) is 14.2. The maximum absolute atomic E-state index is 5.96. The van der Waals surface area contributed by atoms with Gasteiger partial charge in [-0.1, -0.05) is 55.8 Å². The Kier molecular flexibility index (Phi) is 7.33. The quantitative estimate of drug-likeness (QED) is 0.326. The molecule has 1 heterocycles. The molecule has 0 saturated carbocycles. The van der Waals surface area contributed by atoms with E-state index in [1.165, 1.54) is 11.9 Å². The number of anilines is 3. The van der Waals surface area contributed by atoms with Crippen LogP contribution >= 0.6 is 23.5 Å². The number of nitrogens with one attached hydrogen (secondary N) is 2. The fraction of sp³-hybridized carbons (Fsp3) is 0.130. The second-order valence-electron chi connectivity index (χ2n) is 6.01. The Labute approximate surface area is 180 Å². The van der Waals surface area contributed by atoms with Crippen molar-refractivity contribution in [2.24, 2.45) is 0 Å². The van der Waals surface area contributed by atoms with Gasteiger partial charge in [0, 0.05) is 15.6 Å². The van der Waals surface area contributed by atoms with Crippen LogP contribution in [0.5, 0.6) is 0 Å². The van der Waals surface area contributed by atoms with Gasteiger partial charge in [-0.3, -0.25) is 0 Å². The molecule has 0 unspecified atom stereocenters. The van der Waals surface area contributed by atoms with Crippen molar-refractivity contribution < 1.29 is 0 Å². The molecule has 0 radical (unpaired) electrons. The third-order valence-electron chi connectivity index (χ3n) is 4.05. The van der Waals surface area contributed by atoms with Crippen LogP contribution in [0.25, 0.3) is 11.0 Å². The van der Waals surface area contributed by atoms with E-state index < -0.39 is 0 Å². The summed E-state index contributed by atoms with van der Waals surface area (Å²) in [4.78, 5) is 10.6. The molecule has 0 fully saturated rings. The molecule has 0 saturated heterocycles. The predicted octanol–water partition coefficient (Wildman–Crippen LogP) is 7.48. The molecule has 0 spiro atoms. The summed E-state index contributed by atoms with van der Waals surface area (Å²) < 4.78 is 3.32. The minimum atomic E-state index is 0.678. The highest BCUT2D eigenvalue weighted by atomic mass is 35.5. The van der Waals surface area contributed by atoms with E-state index in [9.17, 15) is 0 Å². The van der Waals surface area contributed by atoms with Crippen LogP contribution in [0.3, 0.4) is 0 Å². The van der Waals surface area contributed by atoms with Crippen molar-refractivity contribution in [1.82, 2.24) is 9.97 Å². The van der Waals surface area contributed by atoms with Crippen LogP contribution in [0.2, 0.25) is 5.02 Å². The molecule has 3 aromatic carbocycles. The number of rotatable bonds is 5. The minimum absolute atomic E-state index is 0.678. The molecular formula is C23H23ClN4S. The van der Waals surface area contributed by atoms with E-state index in [1.807, 2.05) is 80.6 Å². The number of benzene rings is 3. The topological polar surface area (TPSA) is 49.8 Å². The highest BCUT2D eigenvalue weighted by Gasteiger charge is 2.11. The van der Waals surface area contributed by atoms with Gasteiger partial charge in [0.05, 0.1) is 11.0 Å². The number of aromatic nitrogens is 2. The lowest BCUT2D eigenvalue weighted by Crippen LogP contribution is -2.03. The Hall–Kier alpha value is -2.76. The smallest absolute Gasteiger partial charge is 0.180 e. The summed E-state index contributed by atoms with van der Waals surface area (Å²) in [6.45, 7) is 6.06. The molecule has 148 valence electrons. The summed E-state index contributed by atoms with van der Waals surface area (Å²) in [5.74, 6) is 1.36.